The van der Waals surface area contributed by atoms with Crippen LogP contribution in [0.15, 0.2) is 16.1 Å². The Morgan fingerprint density at radius 3 is 3.08 bits per heavy atom. The number of amides is 2. The fraction of sp³-hybridized carbons (Fsp3) is 0.688. The molecule has 24 heavy (non-hydrogen) atoms. The number of thioether (sulfide) groups is 1. The van der Waals surface area contributed by atoms with Crippen molar-refractivity contribution in [2.24, 2.45) is 16.6 Å². The van der Waals surface area contributed by atoms with Gasteiger partial charge < -0.3 is 16.0 Å². The molecular weight excluding hydrogens is 326 g/mol. The molecule has 0 radical (unpaired) electrons. The molecule has 1 atom stereocenters. The number of nitrogens with one attached hydrogen (secondary N) is 1. The lowest BCUT2D eigenvalue weighted by Gasteiger charge is -2.31. The molecule has 3 aliphatic rings. The van der Waals surface area contributed by atoms with Crippen molar-refractivity contribution >= 4 is 28.7 Å². The van der Waals surface area contributed by atoms with Crippen molar-refractivity contribution in [3.05, 3.63) is 11.1 Å². The molecule has 8 heteroatoms. The van der Waals surface area contributed by atoms with Crippen molar-refractivity contribution in [2.75, 3.05) is 39.3 Å². The van der Waals surface area contributed by atoms with Crippen LogP contribution in [-0.4, -0.2) is 66.1 Å². The van der Waals surface area contributed by atoms with Gasteiger partial charge in [0.25, 0.3) is 0 Å². The molecule has 7 nitrogen and oxygen atoms in total. The van der Waals surface area contributed by atoms with Crippen LogP contribution < -0.4 is 11.1 Å². The number of primary amides is 1. The van der Waals surface area contributed by atoms with Crippen LogP contribution >= 0.6 is 11.8 Å². The first-order chi connectivity index (χ1) is 11.6. The molecule has 0 aromatic rings. The zero-order valence-electron chi connectivity index (χ0n) is 13.9. The highest BCUT2D eigenvalue weighted by molar-refractivity contribution is 8.16. The number of carbonyl (C=O) groups excluding carboxylic acids is 2. The molecule has 3 aliphatic heterocycles. The summed E-state index contributed by atoms with van der Waals surface area (Å²) in [5.41, 5.74) is 6.49. The lowest BCUT2D eigenvalue weighted by Crippen LogP contribution is -2.46. The van der Waals surface area contributed by atoms with E-state index in [4.69, 9.17) is 5.73 Å². The summed E-state index contributed by atoms with van der Waals surface area (Å²) in [6.07, 6.45) is 3.73. The Morgan fingerprint density at radius 2 is 2.25 bits per heavy atom. The summed E-state index contributed by atoms with van der Waals surface area (Å²) in [6, 6.07) is 0. The van der Waals surface area contributed by atoms with Crippen LogP contribution in [0, 0.1) is 5.92 Å². The predicted molar refractivity (Wildman–Crippen MR) is 95.3 cm³/mol. The fourth-order valence-electron chi connectivity index (χ4n) is 3.42. The lowest BCUT2D eigenvalue weighted by molar-refractivity contribution is -0.128. The van der Waals surface area contributed by atoms with E-state index in [9.17, 15) is 9.59 Å². The van der Waals surface area contributed by atoms with Crippen molar-refractivity contribution in [1.29, 1.82) is 0 Å². The van der Waals surface area contributed by atoms with Gasteiger partial charge in [0, 0.05) is 38.3 Å². The molecule has 0 unspecified atom stereocenters. The lowest BCUT2D eigenvalue weighted by atomic mass is 9.97. The van der Waals surface area contributed by atoms with Crippen molar-refractivity contribution < 1.29 is 9.59 Å². The summed E-state index contributed by atoms with van der Waals surface area (Å²) in [5, 5.41) is 6.29. The minimum absolute atomic E-state index is 0.0443. The third-order valence-electron chi connectivity index (χ3n) is 4.60. The Bertz CT molecular complexity index is 563. The third kappa shape index (κ3) is 4.30. The van der Waals surface area contributed by atoms with E-state index >= 15 is 0 Å². The molecule has 2 amide bonds. The number of amidine groups is 1. The molecule has 0 saturated carbocycles. The number of rotatable bonds is 6. The Balaban J connectivity index is 1.42. The first kappa shape index (κ1) is 17.3. The van der Waals surface area contributed by atoms with E-state index < -0.39 is 0 Å². The SMILES string of the molecule is NC(=O)CN1CCC[C@@H](C(=O)NCCC2=CSC3=NCCCN23)C1. The first-order valence-corrected chi connectivity index (χ1v) is 9.47. The van der Waals surface area contributed by atoms with Crippen molar-refractivity contribution in [3.63, 3.8) is 0 Å². The Labute approximate surface area is 146 Å². The zero-order valence-corrected chi connectivity index (χ0v) is 14.7. The summed E-state index contributed by atoms with van der Waals surface area (Å²) >= 11 is 1.68. The quantitative estimate of drug-likeness (QED) is 0.720. The van der Waals surface area contributed by atoms with E-state index in [1.165, 1.54) is 5.70 Å². The third-order valence-corrected chi connectivity index (χ3v) is 5.55. The Kier molecular flexibility index (Phi) is 5.78. The second-order valence-electron chi connectivity index (χ2n) is 6.48. The average Bonchev–Trinajstić information content (AvgIpc) is 2.98. The molecule has 0 aromatic heterocycles. The van der Waals surface area contributed by atoms with E-state index in [0.29, 0.717) is 13.1 Å². The Hall–Kier alpha value is -1.54. The van der Waals surface area contributed by atoms with Gasteiger partial charge in [0.1, 0.15) is 0 Å². The van der Waals surface area contributed by atoms with Gasteiger partial charge in [-0.3, -0.25) is 19.5 Å². The van der Waals surface area contributed by atoms with E-state index in [1.54, 1.807) is 11.8 Å². The molecule has 0 aliphatic carbocycles. The van der Waals surface area contributed by atoms with E-state index in [-0.39, 0.29) is 24.3 Å². The highest BCUT2D eigenvalue weighted by atomic mass is 32.2. The largest absolute Gasteiger partial charge is 0.369 e. The standard InChI is InChI=1S/C16H25N5O2S/c17-14(22)10-20-7-1-3-12(9-20)15(23)18-6-4-13-11-24-16-19-5-2-8-21(13)16/h11-12H,1-10H2,(H2,17,22)(H,18,23)/t12-/m1/s1. The van der Waals surface area contributed by atoms with Crippen LogP contribution in [0.1, 0.15) is 25.7 Å². The van der Waals surface area contributed by atoms with E-state index in [2.05, 4.69) is 20.6 Å². The summed E-state index contributed by atoms with van der Waals surface area (Å²) in [7, 11) is 0. The normalized spacial score (nSPS) is 24.2. The van der Waals surface area contributed by atoms with E-state index in [1.807, 2.05) is 4.90 Å². The number of hydrogen-bond acceptors (Lipinski definition) is 6. The molecule has 0 bridgehead atoms. The number of fused-ring (bicyclic) bond motifs is 1. The topological polar surface area (TPSA) is 91.0 Å². The minimum atomic E-state index is -0.333. The molecule has 3 rings (SSSR count). The van der Waals surface area contributed by atoms with Crippen LogP contribution in [0.2, 0.25) is 0 Å². The monoisotopic (exact) mass is 351 g/mol. The van der Waals surface area contributed by atoms with Gasteiger partial charge in [-0.25, -0.2) is 0 Å². The second-order valence-corrected chi connectivity index (χ2v) is 7.31. The number of nitrogens with zero attached hydrogens (tertiary/aromatic N) is 3. The van der Waals surface area contributed by atoms with Crippen LogP contribution in [0.5, 0.6) is 0 Å². The van der Waals surface area contributed by atoms with Crippen molar-refractivity contribution in [2.45, 2.75) is 25.7 Å². The maximum absolute atomic E-state index is 12.4. The number of carbonyl (C=O) groups is 2. The van der Waals surface area contributed by atoms with Gasteiger partial charge in [-0.2, -0.15) is 0 Å². The van der Waals surface area contributed by atoms with Gasteiger partial charge in [-0.15, -0.1) is 0 Å². The molecule has 3 N–H and O–H groups in total. The molecule has 0 spiro atoms. The maximum atomic E-state index is 12.4. The molecule has 1 saturated heterocycles. The molecule has 132 valence electrons. The van der Waals surface area contributed by atoms with Gasteiger partial charge in [0.15, 0.2) is 5.17 Å². The average molecular weight is 351 g/mol. The predicted octanol–water partition coefficient (Wildman–Crippen LogP) is 0.340. The molecule has 3 heterocycles. The summed E-state index contributed by atoms with van der Waals surface area (Å²) in [5.74, 6) is -0.291. The van der Waals surface area contributed by atoms with Gasteiger partial charge in [0.2, 0.25) is 11.8 Å². The maximum Gasteiger partial charge on any atom is 0.231 e. The van der Waals surface area contributed by atoms with Crippen molar-refractivity contribution in [1.82, 2.24) is 15.1 Å². The number of nitrogens with two attached hydrogens (primary N) is 1. The van der Waals surface area contributed by atoms with Crippen LogP contribution in [0.25, 0.3) is 0 Å². The molecule has 0 aromatic carbocycles. The summed E-state index contributed by atoms with van der Waals surface area (Å²) in [4.78, 5) is 32.2. The van der Waals surface area contributed by atoms with E-state index in [0.717, 1.165) is 50.5 Å². The first-order valence-electron chi connectivity index (χ1n) is 8.59. The smallest absolute Gasteiger partial charge is 0.231 e. The van der Waals surface area contributed by atoms with Gasteiger partial charge in [-0.1, -0.05) is 11.8 Å². The van der Waals surface area contributed by atoms with Gasteiger partial charge in [-0.05, 0) is 31.2 Å². The number of piperidine rings is 1. The molecule has 1 fully saturated rings. The second kappa shape index (κ2) is 8.02. The van der Waals surface area contributed by atoms with Crippen LogP contribution in [0.3, 0.4) is 0 Å². The number of likely N-dealkylation sites (tertiary alicyclic amines) is 1. The number of aliphatic imine (C=N–C) groups is 1. The highest BCUT2D eigenvalue weighted by Gasteiger charge is 2.27. The van der Waals surface area contributed by atoms with Crippen LogP contribution in [-0.2, 0) is 9.59 Å². The Morgan fingerprint density at radius 1 is 1.38 bits per heavy atom. The molecular formula is C16H25N5O2S. The zero-order chi connectivity index (χ0) is 16.9. The highest BCUT2D eigenvalue weighted by Crippen LogP contribution is 2.30. The van der Waals surface area contributed by atoms with Gasteiger partial charge in [0.05, 0.1) is 12.5 Å². The minimum Gasteiger partial charge on any atom is -0.369 e. The summed E-state index contributed by atoms with van der Waals surface area (Å²) in [6.45, 7) is 4.28. The van der Waals surface area contributed by atoms with Crippen molar-refractivity contribution in [3.8, 4) is 0 Å². The number of hydrogen-bond donors (Lipinski definition) is 2. The van der Waals surface area contributed by atoms with Crippen LogP contribution in [0.4, 0.5) is 0 Å². The van der Waals surface area contributed by atoms with Gasteiger partial charge >= 0.3 is 0 Å². The fourth-order valence-corrected chi connectivity index (χ4v) is 4.41. The summed E-state index contributed by atoms with van der Waals surface area (Å²) < 4.78 is 0.